The predicted molar refractivity (Wildman–Crippen MR) is 96.8 cm³/mol. The fourth-order valence-electron chi connectivity index (χ4n) is 2.55. The van der Waals surface area contributed by atoms with Crippen molar-refractivity contribution in [3.63, 3.8) is 0 Å². The molecule has 0 spiro atoms. The Balaban J connectivity index is 2.16. The van der Waals surface area contributed by atoms with E-state index in [1.807, 2.05) is 31.4 Å². The largest absolute Gasteiger partial charge is 0.309 e. The number of fused-ring (bicyclic) bond motifs is 1. The fourth-order valence-corrected chi connectivity index (χ4v) is 3.08. The zero-order valence-corrected chi connectivity index (χ0v) is 14.4. The number of rotatable bonds is 3. The van der Waals surface area contributed by atoms with Crippen molar-refractivity contribution in [1.82, 2.24) is 10.3 Å². The number of benzene rings is 2. The van der Waals surface area contributed by atoms with Crippen molar-refractivity contribution in [3.05, 3.63) is 74.4 Å². The quantitative estimate of drug-likeness (QED) is 0.630. The zero-order chi connectivity index (χ0) is 14.8. The Morgan fingerprint density at radius 2 is 1.95 bits per heavy atom. The molecule has 106 valence electrons. The number of nitrogens with zero attached hydrogens (tertiary/aromatic N) is 1. The summed E-state index contributed by atoms with van der Waals surface area (Å²) in [7, 11) is 1.96. The van der Waals surface area contributed by atoms with E-state index < -0.39 is 0 Å². The van der Waals surface area contributed by atoms with E-state index in [1.54, 1.807) is 0 Å². The second kappa shape index (κ2) is 6.30. The first kappa shape index (κ1) is 14.8. The standard InChI is InChI=1S/C17H14ClIN2/c1-20-16(12-7-8-15(19)14(18)10-12)13-6-2-4-11-5-3-9-21-17(11)13/h2-10,16,20H,1H3. The van der Waals surface area contributed by atoms with Gasteiger partial charge in [-0.05, 0) is 59.0 Å². The first-order valence-electron chi connectivity index (χ1n) is 6.66. The van der Waals surface area contributed by atoms with Gasteiger partial charge in [0.25, 0.3) is 0 Å². The lowest BCUT2D eigenvalue weighted by Crippen LogP contribution is -2.18. The molecule has 1 heterocycles. The number of hydrogen-bond acceptors (Lipinski definition) is 2. The summed E-state index contributed by atoms with van der Waals surface area (Å²) < 4.78 is 1.06. The summed E-state index contributed by atoms with van der Waals surface area (Å²) in [6, 6.07) is 16.5. The molecule has 0 saturated heterocycles. The molecule has 3 rings (SSSR count). The Kier molecular flexibility index (Phi) is 4.42. The van der Waals surface area contributed by atoms with E-state index >= 15 is 0 Å². The van der Waals surface area contributed by atoms with Crippen LogP contribution in [0.15, 0.2) is 54.7 Å². The summed E-state index contributed by atoms with van der Waals surface area (Å²) in [5.41, 5.74) is 3.32. The lowest BCUT2D eigenvalue weighted by Gasteiger charge is -2.19. The minimum atomic E-state index is 0.0677. The van der Waals surface area contributed by atoms with Gasteiger partial charge in [-0.15, -0.1) is 0 Å². The molecular weight excluding hydrogens is 395 g/mol. The Morgan fingerprint density at radius 1 is 1.14 bits per heavy atom. The maximum atomic E-state index is 6.27. The van der Waals surface area contributed by atoms with E-state index in [2.05, 4.69) is 63.2 Å². The smallest absolute Gasteiger partial charge is 0.0753 e. The van der Waals surface area contributed by atoms with Crippen molar-refractivity contribution in [2.24, 2.45) is 0 Å². The third-order valence-corrected chi connectivity index (χ3v) is 5.11. The average molecular weight is 409 g/mol. The van der Waals surface area contributed by atoms with Gasteiger partial charge in [-0.2, -0.15) is 0 Å². The van der Waals surface area contributed by atoms with E-state index in [1.165, 1.54) is 0 Å². The van der Waals surface area contributed by atoms with Crippen LogP contribution >= 0.6 is 34.2 Å². The minimum absolute atomic E-state index is 0.0677. The number of nitrogens with one attached hydrogen (secondary N) is 1. The van der Waals surface area contributed by atoms with Crippen LogP contribution in [0.1, 0.15) is 17.2 Å². The van der Waals surface area contributed by atoms with Crippen LogP contribution in [-0.2, 0) is 0 Å². The van der Waals surface area contributed by atoms with Crippen LogP contribution < -0.4 is 5.32 Å². The summed E-state index contributed by atoms with van der Waals surface area (Å²) in [5.74, 6) is 0. The van der Waals surface area contributed by atoms with Gasteiger partial charge in [0, 0.05) is 15.2 Å². The second-order valence-corrected chi connectivity index (χ2v) is 6.39. The zero-order valence-electron chi connectivity index (χ0n) is 11.5. The highest BCUT2D eigenvalue weighted by atomic mass is 127. The van der Waals surface area contributed by atoms with E-state index in [0.717, 1.165) is 30.6 Å². The summed E-state index contributed by atoms with van der Waals surface area (Å²) >= 11 is 8.51. The topological polar surface area (TPSA) is 24.9 Å². The maximum absolute atomic E-state index is 6.27. The molecule has 3 aromatic rings. The maximum Gasteiger partial charge on any atom is 0.0753 e. The van der Waals surface area contributed by atoms with Crippen LogP contribution in [0.3, 0.4) is 0 Å². The van der Waals surface area contributed by atoms with Crippen molar-refractivity contribution in [2.75, 3.05) is 7.05 Å². The lowest BCUT2D eigenvalue weighted by atomic mass is 9.96. The molecule has 1 aromatic heterocycles. The molecular formula is C17H14ClIN2. The molecule has 4 heteroatoms. The highest BCUT2D eigenvalue weighted by molar-refractivity contribution is 14.1. The van der Waals surface area contributed by atoms with Gasteiger partial charge in [0.15, 0.2) is 0 Å². The minimum Gasteiger partial charge on any atom is -0.309 e. The van der Waals surface area contributed by atoms with Crippen LogP contribution in [0.2, 0.25) is 5.02 Å². The first-order chi connectivity index (χ1) is 10.2. The molecule has 0 fully saturated rings. The number of pyridine rings is 1. The molecule has 2 nitrogen and oxygen atoms in total. The Labute approximate surface area is 142 Å². The highest BCUT2D eigenvalue weighted by Crippen LogP contribution is 2.30. The highest BCUT2D eigenvalue weighted by Gasteiger charge is 2.16. The summed E-state index contributed by atoms with van der Waals surface area (Å²) in [6.07, 6.45) is 1.83. The molecule has 0 bridgehead atoms. The van der Waals surface area contributed by atoms with Crippen LogP contribution in [0.5, 0.6) is 0 Å². The van der Waals surface area contributed by atoms with Gasteiger partial charge in [-0.1, -0.05) is 41.9 Å². The van der Waals surface area contributed by atoms with Crippen LogP contribution in [0, 0.1) is 3.57 Å². The van der Waals surface area contributed by atoms with Crippen molar-refractivity contribution < 1.29 is 0 Å². The van der Waals surface area contributed by atoms with Crippen LogP contribution in [0.4, 0.5) is 0 Å². The number of halogens is 2. The van der Waals surface area contributed by atoms with E-state index in [4.69, 9.17) is 11.6 Å². The molecule has 0 amide bonds. The number of hydrogen-bond donors (Lipinski definition) is 1. The fraction of sp³-hybridized carbons (Fsp3) is 0.118. The number of para-hydroxylation sites is 1. The monoisotopic (exact) mass is 408 g/mol. The molecule has 0 aliphatic heterocycles. The van der Waals surface area contributed by atoms with Gasteiger partial charge in [-0.3, -0.25) is 4.98 Å². The molecule has 0 aliphatic rings. The van der Waals surface area contributed by atoms with Crippen molar-refractivity contribution >= 4 is 45.1 Å². The Morgan fingerprint density at radius 3 is 2.71 bits per heavy atom. The molecule has 2 aromatic carbocycles. The lowest BCUT2D eigenvalue weighted by molar-refractivity contribution is 0.695. The SMILES string of the molecule is CNC(c1ccc(I)c(Cl)c1)c1cccc2cccnc12. The Bertz CT molecular complexity index is 783. The summed E-state index contributed by atoms with van der Waals surface area (Å²) in [5, 5.41) is 5.30. The third kappa shape index (κ3) is 2.91. The van der Waals surface area contributed by atoms with Gasteiger partial charge < -0.3 is 5.32 Å². The first-order valence-corrected chi connectivity index (χ1v) is 8.12. The van der Waals surface area contributed by atoms with Crippen LogP contribution in [-0.4, -0.2) is 12.0 Å². The Hall–Kier alpha value is -1.17. The molecule has 0 saturated carbocycles. The summed E-state index contributed by atoms with van der Waals surface area (Å²) in [6.45, 7) is 0. The molecule has 1 unspecified atom stereocenters. The van der Waals surface area contributed by atoms with Gasteiger partial charge in [0.2, 0.25) is 0 Å². The van der Waals surface area contributed by atoms with Crippen molar-refractivity contribution in [1.29, 1.82) is 0 Å². The third-order valence-electron chi connectivity index (χ3n) is 3.54. The summed E-state index contributed by atoms with van der Waals surface area (Å²) in [4.78, 5) is 4.54. The van der Waals surface area contributed by atoms with E-state index in [-0.39, 0.29) is 6.04 Å². The van der Waals surface area contributed by atoms with Gasteiger partial charge in [0.1, 0.15) is 0 Å². The van der Waals surface area contributed by atoms with Gasteiger partial charge in [-0.25, -0.2) is 0 Å². The number of aromatic nitrogens is 1. The van der Waals surface area contributed by atoms with Crippen LogP contribution in [0.25, 0.3) is 10.9 Å². The molecule has 1 N–H and O–H groups in total. The van der Waals surface area contributed by atoms with Crippen molar-refractivity contribution in [2.45, 2.75) is 6.04 Å². The van der Waals surface area contributed by atoms with E-state index in [0.29, 0.717) is 0 Å². The normalized spacial score (nSPS) is 12.5. The molecule has 1 atom stereocenters. The molecule has 21 heavy (non-hydrogen) atoms. The van der Waals surface area contributed by atoms with Gasteiger partial charge in [0.05, 0.1) is 16.6 Å². The predicted octanol–water partition coefficient (Wildman–Crippen LogP) is 4.80. The molecule has 0 radical (unpaired) electrons. The van der Waals surface area contributed by atoms with Gasteiger partial charge >= 0.3 is 0 Å². The van der Waals surface area contributed by atoms with E-state index in [9.17, 15) is 0 Å². The van der Waals surface area contributed by atoms with Crippen molar-refractivity contribution in [3.8, 4) is 0 Å². The second-order valence-electron chi connectivity index (χ2n) is 4.82. The molecule has 0 aliphatic carbocycles. The average Bonchev–Trinajstić information content (AvgIpc) is 2.52.